The van der Waals surface area contributed by atoms with Crippen LogP contribution in [0.5, 0.6) is 0 Å². The number of rotatable bonds is 9. The second-order valence-electron chi connectivity index (χ2n) is 11.3. The van der Waals surface area contributed by atoms with E-state index in [9.17, 15) is 24.6 Å². The van der Waals surface area contributed by atoms with Crippen molar-refractivity contribution in [3.63, 3.8) is 0 Å². The van der Waals surface area contributed by atoms with Gasteiger partial charge in [-0.05, 0) is 44.9 Å². The van der Waals surface area contributed by atoms with Crippen molar-refractivity contribution in [1.82, 2.24) is 9.80 Å². The molecule has 7 nitrogen and oxygen atoms in total. The van der Waals surface area contributed by atoms with Crippen LogP contribution in [0.2, 0.25) is 0 Å². The Kier molecular flexibility index (Phi) is 7.13. The summed E-state index contributed by atoms with van der Waals surface area (Å²) in [5, 5.41) is 20.5. The van der Waals surface area contributed by atoms with Gasteiger partial charge in [-0.15, -0.1) is 18.3 Å². The van der Waals surface area contributed by atoms with Crippen molar-refractivity contribution in [1.29, 1.82) is 0 Å². The number of aliphatic hydroxyl groups is 1. The molecule has 4 rings (SSSR count). The monoisotopic (exact) mass is 492 g/mol. The summed E-state index contributed by atoms with van der Waals surface area (Å²) in [6.07, 6.45) is 8.84. The van der Waals surface area contributed by atoms with Gasteiger partial charge in [0.25, 0.3) is 0 Å². The molecule has 0 aromatic heterocycles. The predicted molar refractivity (Wildman–Crippen MR) is 132 cm³/mol. The molecule has 2 unspecified atom stereocenters. The van der Waals surface area contributed by atoms with E-state index >= 15 is 0 Å². The SMILES string of the molecule is C=CCN(C(=O)C1N([C@@H](CO)CC(C)C)C(=O)[C@@H]2[C@H](C(=O)O)[C@]3(C)CCC12S3)C1CCCCC1. The zero-order valence-corrected chi connectivity index (χ0v) is 21.6. The molecule has 1 saturated carbocycles. The molecule has 0 aromatic carbocycles. The maximum atomic E-state index is 14.4. The van der Waals surface area contributed by atoms with Gasteiger partial charge in [0.2, 0.25) is 11.8 Å². The zero-order valence-electron chi connectivity index (χ0n) is 20.7. The van der Waals surface area contributed by atoms with Crippen LogP contribution in [-0.2, 0) is 14.4 Å². The summed E-state index contributed by atoms with van der Waals surface area (Å²) in [6.45, 7) is 10.1. The van der Waals surface area contributed by atoms with Crippen LogP contribution in [0.1, 0.15) is 72.1 Å². The van der Waals surface area contributed by atoms with Gasteiger partial charge in [0.1, 0.15) is 6.04 Å². The molecule has 3 aliphatic heterocycles. The number of likely N-dealkylation sites (tertiary alicyclic amines) is 1. The molecule has 4 fully saturated rings. The molecule has 2 N–H and O–H groups in total. The Labute approximate surface area is 207 Å². The molecule has 2 bridgehead atoms. The summed E-state index contributed by atoms with van der Waals surface area (Å²) in [5.41, 5.74) is 0. The number of thioether (sulfide) groups is 1. The highest BCUT2D eigenvalue weighted by Crippen LogP contribution is 2.71. The molecule has 8 heteroatoms. The first-order chi connectivity index (χ1) is 16.1. The number of nitrogens with zero attached hydrogens (tertiary/aromatic N) is 2. The van der Waals surface area contributed by atoms with Crippen LogP contribution in [0.25, 0.3) is 0 Å². The Balaban J connectivity index is 1.80. The average molecular weight is 493 g/mol. The lowest BCUT2D eigenvalue weighted by Gasteiger charge is -2.42. The summed E-state index contributed by atoms with van der Waals surface area (Å²) < 4.78 is -1.32. The highest BCUT2D eigenvalue weighted by Gasteiger charge is 2.78. The first-order valence-electron chi connectivity index (χ1n) is 12.9. The molecule has 2 amide bonds. The zero-order chi connectivity index (χ0) is 24.8. The summed E-state index contributed by atoms with van der Waals surface area (Å²) >= 11 is 1.56. The highest BCUT2D eigenvalue weighted by atomic mass is 32.2. The van der Waals surface area contributed by atoms with Gasteiger partial charge >= 0.3 is 5.97 Å². The largest absolute Gasteiger partial charge is 0.481 e. The summed E-state index contributed by atoms with van der Waals surface area (Å²) in [5.74, 6) is -2.64. The predicted octanol–water partition coefficient (Wildman–Crippen LogP) is 3.31. The topological polar surface area (TPSA) is 98.2 Å². The van der Waals surface area contributed by atoms with E-state index in [1.54, 1.807) is 22.7 Å². The maximum absolute atomic E-state index is 14.4. The van der Waals surface area contributed by atoms with Gasteiger partial charge in [-0.1, -0.05) is 39.2 Å². The fourth-order valence-electron chi connectivity index (χ4n) is 7.34. The van der Waals surface area contributed by atoms with Gasteiger partial charge < -0.3 is 20.0 Å². The molecule has 1 aliphatic carbocycles. The van der Waals surface area contributed by atoms with Gasteiger partial charge in [-0.2, -0.15) is 0 Å². The number of carboxylic acid groups (broad SMARTS) is 1. The Hall–Kier alpha value is -1.54. The van der Waals surface area contributed by atoms with Crippen LogP contribution in [0, 0.1) is 17.8 Å². The minimum absolute atomic E-state index is 0.0901. The van der Waals surface area contributed by atoms with Crippen molar-refractivity contribution in [2.24, 2.45) is 17.8 Å². The number of aliphatic hydroxyl groups excluding tert-OH is 1. The van der Waals surface area contributed by atoms with E-state index < -0.39 is 39.4 Å². The quantitative estimate of drug-likeness (QED) is 0.479. The Morgan fingerprint density at radius 3 is 2.50 bits per heavy atom. The Bertz CT molecular complexity index is 843. The molecule has 3 saturated heterocycles. The lowest BCUT2D eigenvalue weighted by atomic mass is 9.66. The van der Waals surface area contributed by atoms with Gasteiger partial charge in [0.05, 0.1) is 29.2 Å². The molecule has 0 aromatic rings. The first kappa shape index (κ1) is 25.5. The third-order valence-electron chi connectivity index (χ3n) is 8.69. The van der Waals surface area contributed by atoms with Gasteiger partial charge in [-0.3, -0.25) is 14.4 Å². The number of aliphatic carboxylic acids is 1. The Morgan fingerprint density at radius 2 is 1.94 bits per heavy atom. The second kappa shape index (κ2) is 9.49. The van der Waals surface area contributed by atoms with Crippen molar-refractivity contribution in [2.45, 2.75) is 99.8 Å². The lowest BCUT2D eigenvalue weighted by molar-refractivity contribution is -0.151. The number of hydrogen-bond acceptors (Lipinski definition) is 5. The van der Waals surface area contributed by atoms with E-state index in [1.165, 1.54) is 6.42 Å². The van der Waals surface area contributed by atoms with Crippen molar-refractivity contribution in [3.8, 4) is 0 Å². The van der Waals surface area contributed by atoms with Crippen LogP contribution in [0.4, 0.5) is 0 Å². The summed E-state index contributed by atoms with van der Waals surface area (Å²) in [6, 6.07) is -1.14. The number of fused-ring (bicyclic) bond motifs is 1. The summed E-state index contributed by atoms with van der Waals surface area (Å²) in [4.78, 5) is 44.4. The molecule has 3 heterocycles. The fraction of sp³-hybridized carbons (Fsp3) is 0.808. The number of carbonyl (C=O) groups excluding carboxylic acids is 2. The molecule has 0 radical (unpaired) electrons. The first-order valence-corrected chi connectivity index (χ1v) is 13.7. The van der Waals surface area contributed by atoms with E-state index in [1.807, 2.05) is 25.7 Å². The molecule has 6 atom stereocenters. The minimum Gasteiger partial charge on any atom is -0.481 e. The van der Waals surface area contributed by atoms with Crippen molar-refractivity contribution in [2.75, 3.05) is 13.2 Å². The Morgan fingerprint density at radius 1 is 1.26 bits per heavy atom. The molecule has 34 heavy (non-hydrogen) atoms. The van der Waals surface area contributed by atoms with E-state index in [-0.39, 0.29) is 30.4 Å². The van der Waals surface area contributed by atoms with E-state index in [0.717, 1.165) is 25.7 Å². The molecular weight excluding hydrogens is 452 g/mol. The minimum atomic E-state index is -0.956. The second-order valence-corrected chi connectivity index (χ2v) is 13.2. The standard InChI is InChI=1S/C26H40N2O5S/c1-5-13-27(17-9-7-6-8-10-17)23(31)21-26-12-11-25(4,34-26)20(24(32)33)19(26)22(30)28(21)18(15-29)14-16(2)3/h5,16-21,29H,1,6-15H2,2-4H3,(H,32,33)/t18-,19+,20-,21?,25+,26?/m1/s1. The van der Waals surface area contributed by atoms with E-state index in [2.05, 4.69) is 6.58 Å². The molecule has 190 valence electrons. The fourth-order valence-corrected chi connectivity index (χ4v) is 9.67. The van der Waals surface area contributed by atoms with Crippen molar-refractivity contribution < 1.29 is 24.6 Å². The molecular formula is C26H40N2O5S. The van der Waals surface area contributed by atoms with Crippen molar-refractivity contribution >= 4 is 29.5 Å². The third-order valence-corrected chi connectivity index (χ3v) is 10.7. The number of carbonyl (C=O) groups is 3. The van der Waals surface area contributed by atoms with E-state index in [4.69, 9.17) is 0 Å². The normalized spacial score (nSPS) is 36.1. The average Bonchev–Trinajstić information content (AvgIpc) is 3.36. The number of amides is 2. The summed E-state index contributed by atoms with van der Waals surface area (Å²) in [7, 11) is 0. The smallest absolute Gasteiger partial charge is 0.308 e. The highest BCUT2D eigenvalue weighted by molar-refractivity contribution is 8.02. The maximum Gasteiger partial charge on any atom is 0.308 e. The number of hydrogen-bond donors (Lipinski definition) is 2. The van der Waals surface area contributed by atoms with E-state index in [0.29, 0.717) is 25.8 Å². The lowest BCUT2D eigenvalue weighted by Crippen LogP contribution is -2.59. The van der Waals surface area contributed by atoms with Crippen LogP contribution in [0.3, 0.4) is 0 Å². The van der Waals surface area contributed by atoms with Crippen molar-refractivity contribution in [3.05, 3.63) is 12.7 Å². The number of carboxylic acids is 1. The van der Waals surface area contributed by atoms with Crippen LogP contribution >= 0.6 is 11.8 Å². The van der Waals surface area contributed by atoms with Crippen LogP contribution in [-0.4, -0.2) is 78.6 Å². The van der Waals surface area contributed by atoms with Gasteiger partial charge in [0.15, 0.2) is 0 Å². The molecule has 4 aliphatic rings. The van der Waals surface area contributed by atoms with Crippen LogP contribution < -0.4 is 0 Å². The molecule has 1 spiro atoms. The van der Waals surface area contributed by atoms with Gasteiger partial charge in [0, 0.05) is 17.3 Å². The third kappa shape index (κ3) is 3.89. The van der Waals surface area contributed by atoms with Crippen LogP contribution in [0.15, 0.2) is 12.7 Å². The van der Waals surface area contributed by atoms with Gasteiger partial charge in [-0.25, -0.2) is 0 Å².